The lowest BCUT2D eigenvalue weighted by molar-refractivity contribution is 0.112. The van der Waals surface area contributed by atoms with Crippen LogP contribution in [0.5, 0.6) is 0 Å². The first-order valence-corrected chi connectivity index (χ1v) is 6.53. The molecule has 1 atom stereocenters. The van der Waals surface area contributed by atoms with Crippen LogP contribution in [0.3, 0.4) is 0 Å². The van der Waals surface area contributed by atoms with Gasteiger partial charge in [0.2, 0.25) is 0 Å². The second-order valence-corrected chi connectivity index (χ2v) is 5.19. The summed E-state index contributed by atoms with van der Waals surface area (Å²) in [5, 5.41) is 0. The molecule has 0 saturated carbocycles. The quantitative estimate of drug-likeness (QED) is 0.791. The lowest BCUT2D eigenvalue weighted by atomic mass is 10.1. The molecule has 1 aliphatic rings. The fourth-order valence-corrected chi connectivity index (χ4v) is 2.88. The first kappa shape index (κ1) is 11.6. The van der Waals surface area contributed by atoms with E-state index in [1.54, 1.807) is 0 Å². The Morgan fingerprint density at radius 3 is 2.94 bits per heavy atom. The maximum absolute atomic E-state index is 10.7. The molecule has 3 heteroatoms. The van der Waals surface area contributed by atoms with Crippen molar-refractivity contribution in [2.45, 2.75) is 19.8 Å². The molecule has 1 fully saturated rings. The zero-order valence-corrected chi connectivity index (χ0v) is 11.0. The van der Waals surface area contributed by atoms with Gasteiger partial charge in [0.25, 0.3) is 0 Å². The summed E-state index contributed by atoms with van der Waals surface area (Å²) in [6, 6.07) is 5.81. The molecular weight excluding hydrogens is 266 g/mol. The molecule has 0 amide bonds. The van der Waals surface area contributed by atoms with E-state index in [1.165, 1.54) is 18.5 Å². The van der Waals surface area contributed by atoms with Crippen molar-refractivity contribution in [1.29, 1.82) is 0 Å². The molecule has 1 saturated heterocycles. The first-order chi connectivity index (χ1) is 7.74. The van der Waals surface area contributed by atoms with E-state index in [0.29, 0.717) is 0 Å². The van der Waals surface area contributed by atoms with Gasteiger partial charge < -0.3 is 4.90 Å². The van der Waals surface area contributed by atoms with Crippen molar-refractivity contribution in [3.8, 4) is 0 Å². The molecule has 0 radical (unpaired) electrons. The van der Waals surface area contributed by atoms with E-state index in [0.717, 1.165) is 35.3 Å². The van der Waals surface area contributed by atoms with Crippen molar-refractivity contribution >= 4 is 27.9 Å². The highest BCUT2D eigenvalue weighted by Gasteiger charge is 2.22. The molecule has 0 aromatic heterocycles. The molecule has 2 rings (SSSR count). The number of carbonyl (C=O) groups excluding carboxylic acids is 1. The summed E-state index contributed by atoms with van der Waals surface area (Å²) in [7, 11) is 0. The second kappa shape index (κ2) is 5.00. The average molecular weight is 282 g/mol. The molecule has 0 aliphatic carbocycles. The number of carbonyl (C=O) groups is 1. The van der Waals surface area contributed by atoms with Crippen molar-refractivity contribution in [2.75, 3.05) is 18.0 Å². The van der Waals surface area contributed by atoms with Crippen LogP contribution in [0.2, 0.25) is 0 Å². The van der Waals surface area contributed by atoms with Crippen molar-refractivity contribution in [3.05, 3.63) is 28.2 Å². The monoisotopic (exact) mass is 281 g/mol. The van der Waals surface area contributed by atoms with Crippen LogP contribution in [0.25, 0.3) is 0 Å². The lowest BCUT2D eigenvalue weighted by Gasteiger charge is -2.20. The highest BCUT2D eigenvalue weighted by molar-refractivity contribution is 9.10. The van der Waals surface area contributed by atoms with Gasteiger partial charge in [-0.25, -0.2) is 0 Å². The molecule has 1 heterocycles. The molecule has 16 heavy (non-hydrogen) atoms. The normalized spacial score (nSPS) is 20.1. The zero-order valence-electron chi connectivity index (χ0n) is 9.45. The summed E-state index contributed by atoms with van der Waals surface area (Å²) in [5.74, 6) is 0.817. The Morgan fingerprint density at radius 2 is 2.38 bits per heavy atom. The third kappa shape index (κ3) is 2.29. The number of anilines is 1. The smallest absolute Gasteiger partial charge is 0.150 e. The second-order valence-electron chi connectivity index (χ2n) is 4.34. The Kier molecular flexibility index (Phi) is 3.64. The van der Waals surface area contributed by atoms with Gasteiger partial charge in [0, 0.05) is 23.1 Å². The molecule has 2 nitrogen and oxygen atoms in total. The highest BCUT2D eigenvalue weighted by Crippen LogP contribution is 2.31. The number of aldehydes is 1. The van der Waals surface area contributed by atoms with Gasteiger partial charge in [0.1, 0.15) is 6.29 Å². The lowest BCUT2D eigenvalue weighted by Crippen LogP contribution is -2.19. The molecule has 0 N–H and O–H groups in total. The highest BCUT2D eigenvalue weighted by atomic mass is 79.9. The SMILES string of the molecule is CCC1CCN(c2ccc(C=O)cc2Br)C1. The van der Waals surface area contributed by atoms with Crippen LogP contribution in [0, 0.1) is 5.92 Å². The molecule has 0 bridgehead atoms. The van der Waals surface area contributed by atoms with Crippen LogP contribution < -0.4 is 4.90 Å². The van der Waals surface area contributed by atoms with Gasteiger partial charge in [-0.3, -0.25) is 4.79 Å². The standard InChI is InChI=1S/C13H16BrNO/c1-2-10-5-6-15(8-10)13-4-3-11(9-16)7-12(13)14/h3-4,7,9-10H,2,5-6,8H2,1H3. The molecule has 1 aliphatic heterocycles. The van der Waals surface area contributed by atoms with Crippen molar-refractivity contribution in [3.63, 3.8) is 0 Å². The first-order valence-electron chi connectivity index (χ1n) is 5.74. The Morgan fingerprint density at radius 1 is 1.56 bits per heavy atom. The minimum atomic E-state index is 0.724. The number of benzene rings is 1. The van der Waals surface area contributed by atoms with Crippen molar-refractivity contribution in [1.82, 2.24) is 0 Å². The molecule has 86 valence electrons. The van der Waals surface area contributed by atoms with E-state index in [2.05, 4.69) is 27.8 Å². The van der Waals surface area contributed by atoms with E-state index in [4.69, 9.17) is 0 Å². The average Bonchev–Trinajstić information content (AvgIpc) is 2.77. The Hall–Kier alpha value is -0.830. The van der Waals surface area contributed by atoms with Crippen LogP contribution >= 0.6 is 15.9 Å². The van der Waals surface area contributed by atoms with Gasteiger partial charge in [-0.15, -0.1) is 0 Å². The summed E-state index contributed by atoms with van der Waals surface area (Å²) in [6.45, 7) is 4.51. The number of rotatable bonds is 3. The van der Waals surface area contributed by atoms with E-state index in [1.807, 2.05) is 18.2 Å². The molecule has 0 spiro atoms. The topological polar surface area (TPSA) is 20.3 Å². The fourth-order valence-electron chi connectivity index (χ4n) is 2.24. The van der Waals surface area contributed by atoms with Crippen LogP contribution in [-0.4, -0.2) is 19.4 Å². The summed E-state index contributed by atoms with van der Waals surface area (Å²) < 4.78 is 1.02. The van der Waals surface area contributed by atoms with Gasteiger partial charge in [-0.1, -0.05) is 13.3 Å². The van der Waals surface area contributed by atoms with Crippen LogP contribution in [0.1, 0.15) is 30.1 Å². The van der Waals surface area contributed by atoms with Crippen LogP contribution in [0.4, 0.5) is 5.69 Å². The van der Waals surface area contributed by atoms with E-state index in [9.17, 15) is 4.79 Å². The minimum absolute atomic E-state index is 0.724. The van der Waals surface area contributed by atoms with Gasteiger partial charge >= 0.3 is 0 Å². The number of nitrogens with zero attached hydrogens (tertiary/aromatic N) is 1. The number of hydrogen-bond acceptors (Lipinski definition) is 2. The van der Waals surface area contributed by atoms with Crippen LogP contribution in [0.15, 0.2) is 22.7 Å². The van der Waals surface area contributed by atoms with Gasteiger partial charge in [-0.2, -0.15) is 0 Å². The predicted molar refractivity (Wildman–Crippen MR) is 70.1 cm³/mol. The summed E-state index contributed by atoms with van der Waals surface area (Å²) in [5.41, 5.74) is 1.93. The summed E-state index contributed by atoms with van der Waals surface area (Å²) in [4.78, 5) is 13.1. The summed E-state index contributed by atoms with van der Waals surface area (Å²) in [6.07, 6.45) is 3.41. The minimum Gasteiger partial charge on any atom is -0.370 e. The molecule has 1 aromatic carbocycles. The Labute approximate surface area is 105 Å². The number of hydrogen-bond donors (Lipinski definition) is 0. The Balaban J connectivity index is 2.18. The van der Waals surface area contributed by atoms with Gasteiger partial charge in [-0.05, 0) is 46.5 Å². The third-order valence-corrected chi connectivity index (χ3v) is 3.95. The Bertz CT molecular complexity index is 392. The maximum Gasteiger partial charge on any atom is 0.150 e. The van der Waals surface area contributed by atoms with Crippen LogP contribution in [-0.2, 0) is 0 Å². The molecular formula is C13H16BrNO. The van der Waals surface area contributed by atoms with E-state index >= 15 is 0 Å². The fraction of sp³-hybridized carbons (Fsp3) is 0.462. The summed E-state index contributed by atoms with van der Waals surface area (Å²) >= 11 is 3.54. The predicted octanol–water partition coefficient (Wildman–Crippen LogP) is 3.50. The molecule has 1 aromatic rings. The zero-order chi connectivity index (χ0) is 11.5. The maximum atomic E-state index is 10.7. The third-order valence-electron chi connectivity index (χ3n) is 3.31. The van der Waals surface area contributed by atoms with Crippen molar-refractivity contribution < 1.29 is 4.79 Å². The van der Waals surface area contributed by atoms with E-state index < -0.39 is 0 Å². The van der Waals surface area contributed by atoms with Gasteiger partial charge in [0.05, 0.1) is 5.69 Å². The largest absolute Gasteiger partial charge is 0.370 e. The molecule has 1 unspecified atom stereocenters. The number of halogens is 1. The van der Waals surface area contributed by atoms with Crippen molar-refractivity contribution in [2.24, 2.45) is 5.92 Å². The van der Waals surface area contributed by atoms with Gasteiger partial charge in [0.15, 0.2) is 0 Å². The van der Waals surface area contributed by atoms with E-state index in [-0.39, 0.29) is 0 Å².